The van der Waals surface area contributed by atoms with Crippen LogP contribution in [0.4, 0.5) is 0 Å². The predicted octanol–water partition coefficient (Wildman–Crippen LogP) is 3.07. The fourth-order valence-corrected chi connectivity index (χ4v) is 3.81. The van der Waals surface area contributed by atoms with Crippen LogP contribution in [0.3, 0.4) is 0 Å². The van der Waals surface area contributed by atoms with Gasteiger partial charge in [-0.05, 0) is 42.0 Å². The molecule has 2 aromatic heterocycles. The average molecular weight is 410 g/mol. The summed E-state index contributed by atoms with van der Waals surface area (Å²) >= 11 is 5.05. The number of hydrogen-bond donors (Lipinski definition) is 2. The van der Waals surface area contributed by atoms with E-state index in [2.05, 4.69) is 25.9 Å². The van der Waals surface area contributed by atoms with Gasteiger partial charge in [0, 0.05) is 43.5 Å². The van der Waals surface area contributed by atoms with Gasteiger partial charge < -0.3 is 14.5 Å². The van der Waals surface area contributed by atoms with Crippen LogP contribution in [-0.4, -0.2) is 40.6 Å². The van der Waals surface area contributed by atoms with Gasteiger partial charge >= 0.3 is 0 Å². The van der Waals surface area contributed by atoms with Crippen LogP contribution in [0.2, 0.25) is 0 Å². The summed E-state index contributed by atoms with van der Waals surface area (Å²) in [6, 6.07) is 9.81. The Morgan fingerprint density at radius 1 is 1.14 bits per heavy atom. The molecule has 7 nitrogen and oxygen atoms in total. The Morgan fingerprint density at radius 2 is 1.97 bits per heavy atom. The number of hydrogen-bond acceptors (Lipinski definition) is 6. The first-order valence-corrected chi connectivity index (χ1v) is 9.72. The molecule has 0 spiro atoms. The minimum atomic E-state index is -0.102. The Labute approximate surface area is 173 Å². The minimum absolute atomic E-state index is 0.102. The van der Waals surface area contributed by atoms with Gasteiger partial charge in [0.15, 0.2) is 16.3 Å². The van der Waals surface area contributed by atoms with Crippen LogP contribution in [0.5, 0.6) is 11.5 Å². The van der Waals surface area contributed by atoms with Gasteiger partial charge in [0.25, 0.3) is 5.56 Å². The molecule has 1 aliphatic rings. The second-order valence-electron chi connectivity index (χ2n) is 6.95. The number of H-pyrrole nitrogens is 2. The number of benzene rings is 1. The van der Waals surface area contributed by atoms with E-state index in [-0.39, 0.29) is 5.56 Å². The van der Waals surface area contributed by atoms with Gasteiger partial charge in [-0.2, -0.15) is 0 Å². The van der Waals surface area contributed by atoms with E-state index >= 15 is 0 Å². The number of methoxy groups -OCH3 is 2. The molecule has 0 saturated carbocycles. The number of aromatic nitrogens is 3. The van der Waals surface area contributed by atoms with E-state index in [0.717, 1.165) is 47.6 Å². The lowest BCUT2D eigenvalue weighted by Crippen LogP contribution is -2.35. The molecule has 0 unspecified atom stereocenters. The van der Waals surface area contributed by atoms with E-state index in [1.54, 1.807) is 14.2 Å². The summed E-state index contributed by atoms with van der Waals surface area (Å²) in [7, 11) is 3.23. The van der Waals surface area contributed by atoms with E-state index in [4.69, 9.17) is 21.7 Å². The molecule has 150 valence electrons. The normalized spacial score (nSPS) is 13.7. The van der Waals surface area contributed by atoms with Gasteiger partial charge in [-0.3, -0.25) is 19.7 Å². The van der Waals surface area contributed by atoms with Crippen LogP contribution in [0.15, 0.2) is 41.3 Å². The molecule has 29 heavy (non-hydrogen) atoms. The third kappa shape index (κ3) is 4.08. The van der Waals surface area contributed by atoms with Crippen molar-refractivity contribution in [3.05, 3.63) is 68.5 Å². The Hall–Kier alpha value is -2.97. The number of fused-ring (bicyclic) bond motifs is 1. The van der Waals surface area contributed by atoms with Crippen molar-refractivity contribution >= 4 is 12.2 Å². The molecule has 0 fully saturated rings. The lowest BCUT2D eigenvalue weighted by molar-refractivity contribution is 0.241. The van der Waals surface area contributed by atoms with Gasteiger partial charge in [-0.25, -0.2) is 0 Å². The molecule has 8 heteroatoms. The van der Waals surface area contributed by atoms with Crippen LogP contribution < -0.4 is 15.0 Å². The second-order valence-corrected chi connectivity index (χ2v) is 7.36. The molecule has 2 N–H and O–H groups in total. The summed E-state index contributed by atoms with van der Waals surface area (Å²) in [5, 5.41) is 0. The van der Waals surface area contributed by atoms with Crippen LogP contribution >= 0.6 is 12.2 Å². The third-order valence-corrected chi connectivity index (χ3v) is 5.30. The van der Waals surface area contributed by atoms with Crippen molar-refractivity contribution in [3.63, 3.8) is 0 Å². The van der Waals surface area contributed by atoms with E-state index in [1.165, 1.54) is 0 Å². The SMILES string of the molecule is COc1ccc(-c2ccc(CN3CCc4[nH]c(=S)[nH]c(=O)c4C3)cn2)cc1OC. The first-order valence-electron chi connectivity index (χ1n) is 9.31. The number of aromatic amines is 2. The fraction of sp³-hybridized carbons (Fsp3) is 0.286. The lowest BCUT2D eigenvalue weighted by atomic mass is 10.1. The number of nitrogens with zero attached hydrogens (tertiary/aromatic N) is 2. The van der Waals surface area contributed by atoms with Crippen LogP contribution in [0.25, 0.3) is 11.3 Å². The Balaban J connectivity index is 1.49. The zero-order valence-electron chi connectivity index (χ0n) is 16.3. The first-order chi connectivity index (χ1) is 14.1. The number of pyridine rings is 1. The molecular weight excluding hydrogens is 388 g/mol. The van der Waals surface area contributed by atoms with E-state index in [9.17, 15) is 4.79 Å². The number of nitrogens with one attached hydrogen (secondary N) is 2. The highest BCUT2D eigenvalue weighted by molar-refractivity contribution is 7.71. The fourth-order valence-electron chi connectivity index (χ4n) is 3.59. The van der Waals surface area contributed by atoms with Crippen molar-refractivity contribution in [1.82, 2.24) is 19.9 Å². The largest absolute Gasteiger partial charge is 0.493 e. The summed E-state index contributed by atoms with van der Waals surface area (Å²) in [6.07, 6.45) is 2.66. The van der Waals surface area contributed by atoms with E-state index < -0.39 is 0 Å². The first kappa shape index (κ1) is 19.4. The van der Waals surface area contributed by atoms with Crippen molar-refractivity contribution in [1.29, 1.82) is 0 Å². The third-order valence-electron chi connectivity index (χ3n) is 5.10. The van der Waals surface area contributed by atoms with Crippen molar-refractivity contribution in [2.45, 2.75) is 19.5 Å². The van der Waals surface area contributed by atoms with Gasteiger partial charge in [-0.1, -0.05) is 6.07 Å². The molecule has 3 aromatic rings. The maximum Gasteiger partial charge on any atom is 0.256 e. The summed E-state index contributed by atoms with van der Waals surface area (Å²) < 4.78 is 11.0. The van der Waals surface area contributed by atoms with Gasteiger partial charge in [0.05, 0.1) is 25.5 Å². The van der Waals surface area contributed by atoms with E-state index in [0.29, 0.717) is 22.8 Å². The number of ether oxygens (including phenoxy) is 2. The molecule has 4 rings (SSSR count). The molecule has 1 aliphatic heterocycles. The molecule has 0 atom stereocenters. The van der Waals surface area contributed by atoms with Crippen LogP contribution in [0, 0.1) is 4.77 Å². The Morgan fingerprint density at radius 3 is 2.69 bits per heavy atom. The Bertz CT molecular complexity index is 1140. The van der Waals surface area contributed by atoms with Crippen LogP contribution in [0.1, 0.15) is 16.8 Å². The highest BCUT2D eigenvalue weighted by atomic mass is 32.1. The summed E-state index contributed by atoms with van der Waals surface area (Å²) in [4.78, 5) is 24.8. The van der Waals surface area contributed by atoms with Crippen molar-refractivity contribution < 1.29 is 9.47 Å². The smallest absolute Gasteiger partial charge is 0.256 e. The topological polar surface area (TPSA) is 83.2 Å². The summed E-state index contributed by atoms with van der Waals surface area (Å²) in [5.41, 5.74) is 4.52. The maximum atomic E-state index is 12.2. The van der Waals surface area contributed by atoms with Gasteiger partial charge in [0.2, 0.25) is 0 Å². The zero-order chi connectivity index (χ0) is 20.4. The minimum Gasteiger partial charge on any atom is -0.493 e. The molecule has 0 saturated heterocycles. The maximum absolute atomic E-state index is 12.2. The highest BCUT2D eigenvalue weighted by Gasteiger charge is 2.20. The molecule has 0 amide bonds. The van der Waals surface area contributed by atoms with Gasteiger partial charge in [0.1, 0.15) is 0 Å². The van der Waals surface area contributed by atoms with Crippen molar-refractivity contribution in [3.8, 4) is 22.8 Å². The highest BCUT2D eigenvalue weighted by Crippen LogP contribution is 2.31. The van der Waals surface area contributed by atoms with Crippen LogP contribution in [-0.2, 0) is 19.5 Å². The monoisotopic (exact) mass is 410 g/mol. The summed E-state index contributed by atoms with van der Waals surface area (Å²) in [5.74, 6) is 1.36. The molecule has 0 aliphatic carbocycles. The lowest BCUT2D eigenvalue weighted by Gasteiger charge is -2.27. The summed E-state index contributed by atoms with van der Waals surface area (Å²) in [6.45, 7) is 2.18. The van der Waals surface area contributed by atoms with E-state index in [1.807, 2.05) is 30.5 Å². The predicted molar refractivity (Wildman–Crippen MR) is 113 cm³/mol. The number of rotatable bonds is 5. The quantitative estimate of drug-likeness (QED) is 0.629. The zero-order valence-corrected chi connectivity index (χ0v) is 17.1. The molecular formula is C21H22N4O3S. The molecule has 3 heterocycles. The molecule has 0 bridgehead atoms. The standard InChI is InChI=1S/C21H22N4O3S/c1-27-18-6-4-14(9-19(18)28-2)16-5-3-13(10-22-16)11-25-8-7-17-15(12-25)20(26)24-21(29)23-17/h3-6,9-10H,7-8,11-12H2,1-2H3,(H2,23,24,26,29). The average Bonchev–Trinajstić information content (AvgIpc) is 2.74. The van der Waals surface area contributed by atoms with Crippen molar-refractivity contribution in [2.75, 3.05) is 20.8 Å². The second kappa shape index (κ2) is 8.18. The molecule has 0 radical (unpaired) electrons. The molecule has 1 aromatic carbocycles. The Kier molecular flexibility index (Phi) is 5.46. The van der Waals surface area contributed by atoms with Crippen molar-refractivity contribution in [2.24, 2.45) is 0 Å². The van der Waals surface area contributed by atoms with Gasteiger partial charge in [-0.15, -0.1) is 0 Å².